The van der Waals surface area contributed by atoms with Gasteiger partial charge in [-0.2, -0.15) is 0 Å². The van der Waals surface area contributed by atoms with Gasteiger partial charge in [0, 0.05) is 11.7 Å². The van der Waals surface area contributed by atoms with E-state index in [1.54, 1.807) is 28.8 Å². The molecule has 1 aliphatic rings. The lowest BCUT2D eigenvalue weighted by molar-refractivity contribution is -0.127. The number of hydrogen-bond acceptors (Lipinski definition) is 6. The molecule has 9 heteroatoms. The lowest BCUT2D eigenvalue weighted by Gasteiger charge is -2.33. The monoisotopic (exact) mass is 541 g/mol. The molecule has 0 radical (unpaired) electrons. The van der Waals surface area contributed by atoms with Crippen molar-refractivity contribution in [3.63, 3.8) is 0 Å². The van der Waals surface area contributed by atoms with E-state index in [9.17, 15) is 9.59 Å². The number of ether oxygens (including phenoxy) is 2. The van der Waals surface area contributed by atoms with Crippen molar-refractivity contribution in [3.05, 3.63) is 77.9 Å². The van der Waals surface area contributed by atoms with Crippen LogP contribution in [0.15, 0.2) is 66.7 Å². The molecule has 3 aromatic carbocycles. The van der Waals surface area contributed by atoms with Gasteiger partial charge in [-0.3, -0.25) is 14.5 Å². The highest BCUT2D eigenvalue weighted by Crippen LogP contribution is 2.36. The summed E-state index contributed by atoms with van der Waals surface area (Å²) in [5, 5.41) is 11.7. The molecule has 5 rings (SSSR count). The fourth-order valence-electron chi connectivity index (χ4n) is 5.39. The molecule has 1 saturated carbocycles. The number of aryl methyl sites for hydroxylation is 1. The smallest absolute Gasteiger partial charge is 0.249 e. The van der Waals surface area contributed by atoms with Crippen LogP contribution in [-0.4, -0.2) is 46.6 Å². The van der Waals surface area contributed by atoms with Crippen molar-refractivity contribution in [2.45, 2.75) is 58.2 Å². The number of carbonyl (C=O) groups is 2. The Kier molecular flexibility index (Phi) is 8.28. The molecule has 9 nitrogen and oxygen atoms in total. The average Bonchev–Trinajstić information content (AvgIpc) is 3.63. The van der Waals surface area contributed by atoms with Gasteiger partial charge in [0.1, 0.15) is 18.1 Å². The highest BCUT2D eigenvalue weighted by atomic mass is 16.5. The van der Waals surface area contributed by atoms with E-state index >= 15 is 0 Å². The Morgan fingerprint density at radius 3 is 2.55 bits per heavy atom. The van der Waals surface area contributed by atoms with Gasteiger partial charge in [0.2, 0.25) is 11.8 Å². The number of hydrogen-bond donors (Lipinski definition) is 1. The number of anilines is 1. The Hall–Kier alpha value is -4.40. The molecule has 2 amide bonds. The first kappa shape index (κ1) is 27.2. The van der Waals surface area contributed by atoms with E-state index in [4.69, 9.17) is 9.47 Å². The van der Waals surface area contributed by atoms with E-state index in [0.29, 0.717) is 34.9 Å². The van der Waals surface area contributed by atoms with Gasteiger partial charge in [0.25, 0.3) is 0 Å². The summed E-state index contributed by atoms with van der Waals surface area (Å²) in [5.41, 5.74) is 3.59. The fraction of sp³-hybridized carbons (Fsp3) is 0.355. The van der Waals surface area contributed by atoms with E-state index in [2.05, 4.69) is 15.6 Å². The highest BCUT2D eigenvalue weighted by molar-refractivity contribution is 6.02. The summed E-state index contributed by atoms with van der Waals surface area (Å²) < 4.78 is 12.9. The van der Waals surface area contributed by atoms with Crippen LogP contribution in [0.3, 0.4) is 0 Å². The van der Waals surface area contributed by atoms with Crippen molar-refractivity contribution in [2.75, 3.05) is 18.6 Å². The predicted octanol–water partition coefficient (Wildman–Crippen LogP) is 4.98. The van der Waals surface area contributed by atoms with E-state index in [-0.39, 0.29) is 24.4 Å². The summed E-state index contributed by atoms with van der Waals surface area (Å²) in [4.78, 5) is 30.0. The third-order valence-corrected chi connectivity index (χ3v) is 7.36. The van der Waals surface area contributed by atoms with Crippen molar-refractivity contribution in [1.29, 1.82) is 0 Å². The van der Waals surface area contributed by atoms with Gasteiger partial charge in [-0.25, -0.2) is 4.68 Å². The maximum Gasteiger partial charge on any atom is 0.249 e. The second kappa shape index (κ2) is 12.2. The largest absolute Gasteiger partial charge is 0.493 e. The Morgan fingerprint density at radius 2 is 1.80 bits per heavy atom. The van der Waals surface area contributed by atoms with Crippen LogP contribution >= 0.6 is 0 Å². The first-order chi connectivity index (χ1) is 19.5. The second-order valence-corrected chi connectivity index (χ2v) is 10.0. The standard InChI is InChI=1S/C31H35N5O4/c1-4-40-27-18-17-22(19-28(27)39-3)30(31(38)32-23-12-6-7-13-23)36(25-15-9-5-11-21(25)2)29(37)20-35-26-16-10-8-14-24(26)33-34-35/h5,8-11,14-19,23,30H,4,6-7,12-13,20H2,1-3H3,(H,32,38)/t30-/m1/s1. The molecule has 1 aromatic heterocycles. The molecule has 0 bridgehead atoms. The molecular weight excluding hydrogens is 506 g/mol. The second-order valence-electron chi connectivity index (χ2n) is 10.0. The number of nitrogens with one attached hydrogen (secondary N) is 1. The van der Waals surface area contributed by atoms with Gasteiger partial charge in [0.05, 0.1) is 19.2 Å². The molecule has 0 saturated heterocycles. The average molecular weight is 542 g/mol. The molecule has 40 heavy (non-hydrogen) atoms. The van der Waals surface area contributed by atoms with Gasteiger partial charge < -0.3 is 14.8 Å². The molecule has 4 aromatic rings. The number of nitrogens with zero attached hydrogens (tertiary/aromatic N) is 4. The first-order valence-electron chi connectivity index (χ1n) is 13.8. The minimum Gasteiger partial charge on any atom is -0.493 e. The molecule has 1 N–H and O–H groups in total. The summed E-state index contributed by atoms with van der Waals surface area (Å²) in [6.45, 7) is 4.22. The predicted molar refractivity (Wildman–Crippen MR) is 153 cm³/mol. The SMILES string of the molecule is CCOc1ccc([C@H](C(=O)NC2CCCC2)N(C(=O)Cn2nnc3ccccc32)c2ccccc2C)cc1OC. The van der Waals surface area contributed by atoms with Crippen molar-refractivity contribution in [3.8, 4) is 11.5 Å². The molecule has 1 fully saturated rings. The third kappa shape index (κ3) is 5.64. The zero-order chi connectivity index (χ0) is 28.1. The third-order valence-electron chi connectivity index (χ3n) is 7.36. The van der Waals surface area contributed by atoms with Crippen molar-refractivity contribution < 1.29 is 19.1 Å². The summed E-state index contributed by atoms with van der Waals surface area (Å²) in [5.74, 6) is 0.548. The summed E-state index contributed by atoms with van der Waals surface area (Å²) in [7, 11) is 1.56. The zero-order valence-electron chi connectivity index (χ0n) is 23.2. The van der Waals surface area contributed by atoms with Crippen LogP contribution in [0, 0.1) is 6.92 Å². The molecule has 1 atom stereocenters. The van der Waals surface area contributed by atoms with Crippen LogP contribution in [0.2, 0.25) is 0 Å². The van der Waals surface area contributed by atoms with E-state index in [1.807, 2.05) is 68.4 Å². The van der Waals surface area contributed by atoms with Crippen LogP contribution < -0.4 is 19.7 Å². The highest BCUT2D eigenvalue weighted by Gasteiger charge is 2.36. The van der Waals surface area contributed by atoms with Gasteiger partial charge in [-0.1, -0.05) is 54.5 Å². The normalized spacial score (nSPS) is 14.2. The molecule has 1 heterocycles. The maximum absolute atomic E-state index is 14.3. The molecule has 1 aliphatic carbocycles. The van der Waals surface area contributed by atoms with Gasteiger partial charge in [-0.05, 0) is 68.1 Å². The van der Waals surface area contributed by atoms with Crippen LogP contribution in [0.4, 0.5) is 5.69 Å². The summed E-state index contributed by atoms with van der Waals surface area (Å²) >= 11 is 0. The number of aromatic nitrogens is 3. The molecule has 0 spiro atoms. The molecule has 208 valence electrons. The maximum atomic E-state index is 14.3. The van der Waals surface area contributed by atoms with Gasteiger partial charge in [-0.15, -0.1) is 5.10 Å². The number of carbonyl (C=O) groups excluding carboxylic acids is 2. The Bertz CT molecular complexity index is 1490. The molecular formula is C31H35N5O4. The van der Waals surface area contributed by atoms with Gasteiger partial charge >= 0.3 is 0 Å². The van der Waals surface area contributed by atoms with Crippen molar-refractivity contribution >= 4 is 28.5 Å². The van der Waals surface area contributed by atoms with Crippen LogP contribution in [0.25, 0.3) is 11.0 Å². The number of fused-ring (bicyclic) bond motifs is 1. The van der Waals surface area contributed by atoms with E-state index in [0.717, 1.165) is 36.8 Å². The molecule has 0 aliphatic heterocycles. The first-order valence-corrected chi connectivity index (χ1v) is 13.8. The minimum absolute atomic E-state index is 0.0766. The Morgan fingerprint density at radius 1 is 1.05 bits per heavy atom. The Labute approximate surface area is 234 Å². The number of rotatable bonds is 10. The van der Waals surface area contributed by atoms with Crippen LogP contribution in [0.5, 0.6) is 11.5 Å². The summed E-state index contributed by atoms with van der Waals surface area (Å²) in [6.07, 6.45) is 4.00. The lowest BCUT2D eigenvalue weighted by atomic mass is 10.0. The quantitative estimate of drug-likeness (QED) is 0.304. The minimum atomic E-state index is -0.950. The van der Waals surface area contributed by atoms with Crippen LogP contribution in [-0.2, 0) is 16.1 Å². The summed E-state index contributed by atoms with van der Waals surface area (Å²) in [6, 6.07) is 19.6. The lowest BCUT2D eigenvalue weighted by Crippen LogP contribution is -2.47. The number of amides is 2. The number of para-hydroxylation sites is 2. The number of methoxy groups -OCH3 is 1. The van der Waals surface area contributed by atoms with Crippen molar-refractivity contribution in [1.82, 2.24) is 20.3 Å². The topological polar surface area (TPSA) is 98.6 Å². The zero-order valence-corrected chi connectivity index (χ0v) is 23.2. The Balaban J connectivity index is 1.61. The fourth-order valence-corrected chi connectivity index (χ4v) is 5.39. The number of benzene rings is 3. The van der Waals surface area contributed by atoms with Crippen LogP contribution in [0.1, 0.15) is 49.8 Å². The van der Waals surface area contributed by atoms with Gasteiger partial charge in [0.15, 0.2) is 11.5 Å². The molecule has 0 unspecified atom stereocenters. The van der Waals surface area contributed by atoms with E-state index < -0.39 is 6.04 Å². The van der Waals surface area contributed by atoms with E-state index in [1.165, 1.54) is 0 Å². The van der Waals surface area contributed by atoms with Crippen molar-refractivity contribution in [2.24, 2.45) is 0 Å².